The molecule has 25 heavy (non-hydrogen) atoms. The molecule has 1 aromatic carbocycles. The van der Waals surface area contributed by atoms with Crippen molar-refractivity contribution in [3.63, 3.8) is 0 Å². The Labute approximate surface area is 148 Å². The molecule has 2 amide bonds. The smallest absolute Gasteiger partial charge is 0.229 e. The van der Waals surface area contributed by atoms with Gasteiger partial charge in [0.2, 0.25) is 11.8 Å². The lowest BCUT2D eigenvalue weighted by molar-refractivity contribution is -0.129. The molecule has 134 valence electrons. The SMILES string of the molecule is O=C(CC(=O)NC1CCCCCC1)NCCc1c[nH]c2ccccc12. The van der Waals surface area contributed by atoms with Gasteiger partial charge in [0, 0.05) is 29.7 Å². The minimum Gasteiger partial charge on any atom is -0.361 e. The molecule has 1 saturated carbocycles. The fourth-order valence-electron chi connectivity index (χ4n) is 3.59. The average molecular weight is 341 g/mol. The number of carbonyl (C=O) groups is 2. The van der Waals surface area contributed by atoms with Gasteiger partial charge in [-0.25, -0.2) is 0 Å². The Balaban J connectivity index is 1.39. The van der Waals surface area contributed by atoms with Crippen molar-refractivity contribution in [2.24, 2.45) is 0 Å². The minimum absolute atomic E-state index is 0.0790. The molecule has 1 fully saturated rings. The third-order valence-electron chi connectivity index (χ3n) is 4.93. The number of aromatic nitrogens is 1. The summed E-state index contributed by atoms with van der Waals surface area (Å²) in [7, 11) is 0. The second kappa shape index (κ2) is 8.70. The van der Waals surface area contributed by atoms with E-state index in [1.165, 1.54) is 36.6 Å². The van der Waals surface area contributed by atoms with Gasteiger partial charge in [-0.3, -0.25) is 9.59 Å². The van der Waals surface area contributed by atoms with Gasteiger partial charge in [-0.05, 0) is 30.9 Å². The molecule has 0 saturated heterocycles. The second-order valence-electron chi connectivity index (χ2n) is 6.89. The molecular formula is C20H27N3O2. The van der Waals surface area contributed by atoms with Gasteiger partial charge in [0.05, 0.1) is 0 Å². The van der Waals surface area contributed by atoms with Crippen LogP contribution in [0.1, 0.15) is 50.5 Å². The number of rotatable bonds is 6. The van der Waals surface area contributed by atoms with E-state index < -0.39 is 0 Å². The van der Waals surface area contributed by atoms with Crippen LogP contribution in [0, 0.1) is 0 Å². The van der Waals surface area contributed by atoms with Crippen LogP contribution >= 0.6 is 0 Å². The summed E-state index contributed by atoms with van der Waals surface area (Å²) >= 11 is 0. The third kappa shape index (κ3) is 5.08. The lowest BCUT2D eigenvalue weighted by Gasteiger charge is -2.16. The molecule has 0 radical (unpaired) electrons. The van der Waals surface area contributed by atoms with Gasteiger partial charge in [0.1, 0.15) is 6.42 Å². The Morgan fingerprint density at radius 3 is 2.60 bits per heavy atom. The Morgan fingerprint density at radius 2 is 1.80 bits per heavy atom. The monoisotopic (exact) mass is 341 g/mol. The molecule has 0 spiro atoms. The van der Waals surface area contributed by atoms with E-state index in [9.17, 15) is 9.59 Å². The number of aromatic amines is 1. The number of benzene rings is 1. The number of carbonyl (C=O) groups excluding carboxylic acids is 2. The first kappa shape index (κ1) is 17.5. The lowest BCUT2D eigenvalue weighted by atomic mass is 10.1. The van der Waals surface area contributed by atoms with E-state index in [2.05, 4.69) is 21.7 Å². The van der Waals surface area contributed by atoms with E-state index in [4.69, 9.17) is 0 Å². The third-order valence-corrected chi connectivity index (χ3v) is 4.93. The normalized spacial score (nSPS) is 15.7. The summed E-state index contributed by atoms with van der Waals surface area (Å²) in [6.07, 6.45) is 9.56. The van der Waals surface area contributed by atoms with E-state index in [-0.39, 0.29) is 24.3 Å². The number of nitrogens with one attached hydrogen (secondary N) is 3. The molecule has 5 heteroatoms. The summed E-state index contributed by atoms with van der Waals surface area (Å²) < 4.78 is 0. The van der Waals surface area contributed by atoms with Crippen LogP contribution in [0.15, 0.2) is 30.5 Å². The highest BCUT2D eigenvalue weighted by atomic mass is 16.2. The molecule has 3 N–H and O–H groups in total. The van der Waals surface area contributed by atoms with E-state index >= 15 is 0 Å². The summed E-state index contributed by atoms with van der Waals surface area (Å²) in [4.78, 5) is 27.2. The predicted molar refractivity (Wildman–Crippen MR) is 99.3 cm³/mol. The van der Waals surface area contributed by atoms with Crippen LogP contribution in [-0.4, -0.2) is 29.4 Å². The zero-order valence-corrected chi connectivity index (χ0v) is 14.6. The lowest BCUT2D eigenvalue weighted by Crippen LogP contribution is -2.38. The molecule has 1 aliphatic rings. The zero-order chi connectivity index (χ0) is 17.5. The fourth-order valence-corrected chi connectivity index (χ4v) is 3.59. The van der Waals surface area contributed by atoms with Crippen molar-refractivity contribution >= 4 is 22.7 Å². The summed E-state index contributed by atoms with van der Waals surface area (Å²) in [5.41, 5.74) is 2.28. The quantitative estimate of drug-likeness (QED) is 0.558. The molecule has 0 bridgehead atoms. The van der Waals surface area contributed by atoms with Crippen molar-refractivity contribution in [2.75, 3.05) is 6.54 Å². The van der Waals surface area contributed by atoms with Crippen molar-refractivity contribution in [1.82, 2.24) is 15.6 Å². The van der Waals surface area contributed by atoms with E-state index in [1.807, 2.05) is 24.4 Å². The minimum atomic E-state index is -0.203. The number of hydrogen-bond donors (Lipinski definition) is 3. The molecule has 0 unspecified atom stereocenters. The fraction of sp³-hybridized carbons (Fsp3) is 0.500. The Kier molecular flexibility index (Phi) is 6.09. The molecule has 3 rings (SSSR count). The van der Waals surface area contributed by atoms with Crippen molar-refractivity contribution in [2.45, 2.75) is 57.4 Å². The molecule has 2 aromatic rings. The van der Waals surface area contributed by atoms with Crippen LogP contribution in [0.25, 0.3) is 10.9 Å². The maximum Gasteiger partial charge on any atom is 0.229 e. The maximum absolute atomic E-state index is 12.0. The number of fused-ring (bicyclic) bond motifs is 1. The van der Waals surface area contributed by atoms with Gasteiger partial charge in [-0.2, -0.15) is 0 Å². The van der Waals surface area contributed by atoms with Gasteiger partial charge < -0.3 is 15.6 Å². The van der Waals surface area contributed by atoms with Crippen molar-refractivity contribution < 1.29 is 9.59 Å². The van der Waals surface area contributed by atoms with Gasteiger partial charge in [0.15, 0.2) is 0 Å². The summed E-state index contributed by atoms with van der Waals surface area (Å²) in [5.74, 6) is -0.359. The standard InChI is InChI=1S/C20H27N3O2/c24-19(13-20(25)23-16-7-3-1-2-4-8-16)21-12-11-15-14-22-18-10-6-5-9-17(15)18/h5-6,9-10,14,16,22H,1-4,7-8,11-13H2,(H,21,24)(H,23,25). The first-order chi connectivity index (χ1) is 12.2. The molecule has 1 aliphatic carbocycles. The number of para-hydroxylation sites is 1. The summed E-state index contributed by atoms with van der Waals surface area (Å²) in [6.45, 7) is 0.539. The van der Waals surface area contributed by atoms with Crippen LogP contribution < -0.4 is 10.6 Å². The Bertz CT molecular complexity index is 715. The first-order valence-electron chi connectivity index (χ1n) is 9.33. The largest absolute Gasteiger partial charge is 0.361 e. The van der Waals surface area contributed by atoms with E-state index in [0.717, 1.165) is 24.8 Å². The van der Waals surface area contributed by atoms with Crippen LogP contribution in [0.4, 0.5) is 0 Å². The van der Waals surface area contributed by atoms with Crippen LogP contribution in [0.3, 0.4) is 0 Å². The summed E-state index contributed by atoms with van der Waals surface area (Å²) in [6, 6.07) is 8.36. The highest BCUT2D eigenvalue weighted by molar-refractivity contribution is 5.97. The molecule has 0 atom stereocenters. The first-order valence-corrected chi connectivity index (χ1v) is 9.33. The average Bonchev–Trinajstić information content (AvgIpc) is 2.83. The second-order valence-corrected chi connectivity index (χ2v) is 6.89. The summed E-state index contributed by atoms with van der Waals surface area (Å²) in [5, 5.41) is 7.05. The highest BCUT2D eigenvalue weighted by Crippen LogP contribution is 2.18. The van der Waals surface area contributed by atoms with Crippen molar-refractivity contribution in [3.05, 3.63) is 36.0 Å². The molecule has 1 aromatic heterocycles. The van der Waals surface area contributed by atoms with Crippen LogP contribution in [0.5, 0.6) is 0 Å². The molecule has 1 heterocycles. The number of H-pyrrole nitrogens is 1. The molecular weight excluding hydrogens is 314 g/mol. The van der Waals surface area contributed by atoms with Crippen LogP contribution in [0.2, 0.25) is 0 Å². The number of amides is 2. The highest BCUT2D eigenvalue weighted by Gasteiger charge is 2.16. The Morgan fingerprint density at radius 1 is 1.04 bits per heavy atom. The zero-order valence-electron chi connectivity index (χ0n) is 14.6. The molecule has 5 nitrogen and oxygen atoms in total. The van der Waals surface area contributed by atoms with Gasteiger partial charge in [-0.15, -0.1) is 0 Å². The maximum atomic E-state index is 12.0. The van der Waals surface area contributed by atoms with E-state index in [1.54, 1.807) is 0 Å². The predicted octanol–water partition coefficient (Wildman–Crippen LogP) is 3.06. The topological polar surface area (TPSA) is 74.0 Å². The Hall–Kier alpha value is -2.30. The molecule has 0 aliphatic heterocycles. The van der Waals surface area contributed by atoms with Gasteiger partial charge in [0.25, 0.3) is 0 Å². The van der Waals surface area contributed by atoms with Gasteiger partial charge in [-0.1, -0.05) is 43.9 Å². The van der Waals surface area contributed by atoms with Crippen LogP contribution in [-0.2, 0) is 16.0 Å². The number of hydrogen-bond acceptors (Lipinski definition) is 2. The van der Waals surface area contributed by atoms with E-state index in [0.29, 0.717) is 6.54 Å². The van der Waals surface area contributed by atoms with Crippen molar-refractivity contribution in [3.8, 4) is 0 Å². The van der Waals surface area contributed by atoms with Gasteiger partial charge >= 0.3 is 0 Å². The van der Waals surface area contributed by atoms with Crippen molar-refractivity contribution in [1.29, 1.82) is 0 Å².